The Morgan fingerprint density at radius 1 is 1.20 bits per heavy atom. The molecule has 0 unspecified atom stereocenters. The smallest absolute Gasteiger partial charge is 0.322 e. The van der Waals surface area contributed by atoms with Crippen LogP contribution in [0.15, 0.2) is 0 Å². The molecule has 0 heterocycles. The Hall–Kier alpha value is -1.85. The van der Waals surface area contributed by atoms with Crippen molar-refractivity contribution in [3.05, 3.63) is 0 Å². The van der Waals surface area contributed by atoms with Crippen LogP contribution in [0.25, 0.3) is 0 Å². The van der Waals surface area contributed by atoms with Crippen molar-refractivity contribution in [1.29, 1.82) is 0 Å². The SMILES string of the molecule is CC(C)(O)CSC[C@H](NC(=O)CC[C@H](N)C(=O)O)C(=O)NCC(=O)O. The van der Waals surface area contributed by atoms with E-state index < -0.39 is 48.0 Å². The zero-order chi connectivity index (χ0) is 19.6. The molecule has 2 atom stereocenters. The van der Waals surface area contributed by atoms with E-state index in [1.807, 2.05) is 0 Å². The van der Waals surface area contributed by atoms with Crippen LogP contribution in [0.2, 0.25) is 0 Å². The van der Waals surface area contributed by atoms with Gasteiger partial charge in [0.05, 0.1) is 5.60 Å². The van der Waals surface area contributed by atoms with Crippen molar-refractivity contribution >= 4 is 35.5 Å². The van der Waals surface area contributed by atoms with Crippen LogP contribution in [-0.2, 0) is 19.2 Å². The zero-order valence-electron chi connectivity index (χ0n) is 14.2. The Morgan fingerprint density at radius 2 is 1.80 bits per heavy atom. The van der Waals surface area contributed by atoms with Crippen molar-refractivity contribution in [3.8, 4) is 0 Å². The van der Waals surface area contributed by atoms with Gasteiger partial charge in [-0.1, -0.05) is 0 Å². The summed E-state index contributed by atoms with van der Waals surface area (Å²) >= 11 is 1.21. The fourth-order valence-electron chi connectivity index (χ4n) is 1.57. The Labute approximate surface area is 149 Å². The molecule has 25 heavy (non-hydrogen) atoms. The van der Waals surface area contributed by atoms with Crippen LogP contribution < -0.4 is 16.4 Å². The van der Waals surface area contributed by atoms with Gasteiger partial charge >= 0.3 is 11.9 Å². The standard InChI is InChI=1S/C14H25N3O7S/c1-14(2,24)7-25-6-9(12(21)16-5-11(19)20)17-10(18)4-3-8(15)13(22)23/h8-9,24H,3-7,15H2,1-2H3,(H,16,21)(H,17,18)(H,19,20)(H,22,23)/t8-,9-/m0/s1. The van der Waals surface area contributed by atoms with E-state index in [1.165, 1.54) is 11.8 Å². The van der Waals surface area contributed by atoms with E-state index in [1.54, 1.807) is 13.8 Å². The molecule has 0 aromatic heterocycles. The predicted octanol–water partition coefficient (Wildman–Crippen LogP) is -1.63. The van der Waals surface area contributed by atoms with Crippen LogP contribution in [0.4, 0.5) is 0 Å². The lowest BCUT2D eigenvalue weighted by Gasteiger charge is -2.21. The number of carbonyl (C=O) groups is 4. The molecular formula is C14H25N3O7S. The van der Waals surface area contributed by atoms with Gasteiger partial charge in [-0.3, -0.25) is 19.2 Å². The summed E-state index contributed by atoms with van der Waals surface area (Å²) in [5, 5.41) is 31.5. The van der Waals surface area contributed by atoms with Gasteiger partial charge in [-0.25, -0.2) is 0 Å². The molecular weight excluding hydrogens is 354 g/mol. The average molecular weight is 379 g/mol. The van der Waals surface area contributed by atoms with E-state index >= 15 is 0 Å². The number of nitrogens with one attached hydrogen (secondary N) is 2. The summed E-state index contributed by atoms with van der Waals surface area (Å²) in [6.45, 7) is 2.59. The molecule has 10 nitrogen and oxygen atoms in total. The first-order chi connectivity index (χ1) is 11.4. The monoisotopic (exact) mass is 379 g/mol. The number of amides is 2. The van der Waals surface area contributed by atoms with Gasteiger partial charge in [-0.15, -0.1) is 0 Å². The molecule has 0 saturated carbocycles. The van der Waals surface area contributed by atoms with E-state index in [4.69, 9.17) is 15.9 Å². The van der Waals surface area contributed by atoms with Crippen LogP contribution >= 0.6 is 11.8 Å². The molecule has 0 aliphatic heterocycles. The van der Waals surface area contributed by atoms with E-state index in [-0.39, 0.29) is 18.6 Å². The molecule has 144 valence electrons. The fourth-order valence-corrected chi connectivity index (χ4v) is 2.66. The Morgan fingerprint density at radius 3 is 2.28 bits per heavy atom. The lowest BCUT2D eigenvalue weighted by molar-refractivity contribution is -0.139. The largest absolute Gasteiger partial charge is 0.480 e. The highest BCUT2D eigenvalue weighted by molar-refractivity contribution is 7.99. The molecule has 0 aliphatic carbocycles. The molecule has 0 aromatic carbocycles. The summed E-state index contributed by atoms with van der Waals surface area (Å²) in [5.74, 6) is -3.29. The second-order valence-corrected chi connectivity index (χ2v) is 7.07. The Bertz CT molecular complexity index is 493. The number of hydrogen-bond acceptors (Lipinski definition) is 7. The molecule has 0 aliphatic rings. The number of carboxylic acid groups (broad SMARTS) is 2. The zero-order valence-corrected chi connectivity index (χ0v) is 15.0. The summed E-state index contributed by atoms with van der Waals surface area (Å²) in [6.07, 6.45) is -0.284. The third kappa shape index (κ3) is 12.2. The molecule has 0 rings (SSSR count). The maximum atomic E-state index is 12.0. The second-order valence-electron chi connectivity index (χ2n) is 6.04. The molecule has 2 amide bonds. The molecule has 11 heteroatoms. The minimum Gasteiger partial charge on any atom is -0.480 e. The maximum absolute atomic E-state index is 12.0. The number of aliphatic hydroxyl groups is 1. The lowest BCUT2D eigenvalue weighted by atomic mass is 10.1. The molecule has 0 aromatic rings. The molecule has 0 radical (unpaired) electrons. The summed E-state index contributed by atoms with van der Waals surface area (Å²) in [7, 11) is 0. The molecule has 0 spiro atoms. The predicted molar refractivity (Wildman–Crippen MR) is 91.0 cm³/mol. The van der Waals surface area contributed by atoms with Crippen molar-refractivity contribution < 1.29 is 34.5 Å². The van der Waals surface area contributed by atoms with E-state index in [0.29, 0.717) is 5.75 Å². The number of carboxylic acids is 2. The number of nitrogens with two attached hydrogens (primary N) is 1. The van der Waals surface area contributed by atoms with Gasteiger partial charge in [-0.2, -0.15) is 11.8 Å². The van der Waals surface area contributed by atoms with Crippen molar-refractivity contribution in [2.75, 3.05) is 18.1 Å². The van der Waals surface area contributed by atoms with E-state index in [2.05, 4.69) is 10.6 Å². The highest BCUT2D eigenvalue weighted by atomic mass is 32.2. The van der Waals surface area contributed by atoms with Crippen LogP contribution in [0, 0.1) is 0 Å². The molecule has 0 fully saturated rings. The summed E-state index contributed by atoms with van der Waals surface area (Å²) in [4.78, 5) is 45.0. The molecule has 0 saturated heterocycles. The number of carbonyl (C=O) groups excluding carboxylic acids is 2. The Balaban J connectivity index is 4.64. The van der Waals surface area contributed by atoms with Gasteiger partial charge in [0.25, 0.3) is 0 Å². The van der Waals surface area contributed by atoms with Crippen molar-refractivity contribution in [3.63, 3.8) is 0 Å². The second kappa shape index (κ2) is 10.9. The van der Waals surface area contributed by atoms with Crippen LogP contribution in [-0.4, -0.2) is 74.8 Å². The third-order valence-electron chi connectivity index (χ3n) is 2.80. The fraction of sp³-hybridized carbons (Fsp3) is 0.714. The number of rotatable bonds is 12. The number of thioether (sulfide) groups is 1. The van der Waals surface area contributed by atoms with Gasteiger partial charge in [0.1, 0.15) is 18.6 Å². The van der Waals surface area contributed by atoms with Crippen molar-refractivity contribution in [1.82, 2.24) is 10.6 Å². The number of hydrogen-bond donors (Lipinski definition) is 6. The van der Waals surface area contributed by atoms with Crippen LogP contribution in [0.3, 0.4) is 0 Å². The Kier molecular flexibility index (Phi) is 10.1. The number of aliphatic carboxylic acids is 2. The topological polar surface area (TPSA) is 179 Å². The highest BCUT2D eigenvalue weighted by Gasteiger charge is 2.23. The first-order valence-electron chi connectivity index (χ1n) is 7.49. The van der Waals surface area contributed by atoms with Gasteiger partial charge in [-0.05, 0) is 20.3 Å². The molecule has 7 N–H and O–H groups in total. The van der Waals surface area contributed by atoms with E-state index in [0.717, 1.165) is 0 Å². The van der Waals surface area contributed by atoms with Gasteiger partial charge in [0.2, 0.25) is 11.8 Å². The summed E-state index contributed by atoms with van der Waals surface area (Å²) in [5.41, 5.74) is 4.34. The first-order valence-corrected chi connectivity index (χ1v) is 8.65. The summed E-state index contributed by atoms with van der Waals surface area (Å²) in [6, 6.07) is -2.20. The lowest BCUT2D eigenvalue weighted by Crippen LogP contribution is -2.49. The van der Waals surface area contributed by atoms with Crippen LogP contribution in [0.5, 0.6) is 0 Å². The average Bonchev–Trinajstić information content (AvgIpc) is 2.47. The van der Waals surface area contributed by atoms with E-state index in [9.17, 15) is 24.3 Å². The van der Waals surface area contributed by atoms with Gasteiger partial charge in [0, 0.05) is 17.9 Å². The highest BCUT2D eigenvalue weighted by Crippen LogP contribution is 2.13. The minimum absolute atomic E-state index is 0.0958. The van der Waals surface area contributed by atoms with Gasteiger partial charge < -0.3 is 31.7 Å². The normalized spacial score (nSPS) is 13.6. The quantitative estimate of drug-likeness (QED) is 0.232. The van der Waals surface area contributed by atoms with Crippen LogP contribution in [0.1, 0.15) is 26.7 Å². The third-order valence-corrected chi connectivity index (χ3v) is 4.28. The first kappa shape index (κ1) is 23.1. The van der Waals surface area contributed by atoms with Gasteiger partial charge in [0.15, 0.2) is 0 Å². The van der Waals surface area contributed by atoms with Crippen molar-refractivity contribution in [2.24, 2.45) is 5.73 Å². The maximum Gasteiger partial charge on any atom is 0.322 e. The molecule has 0 bridgehead atoms. The summed E-state index contributed by atoms with van der Waals surface area (Å²) < 4.78 is 0. The minimum atomic E-state index is -1.23. The van der Waals surface area contributed by atoms with Crippen molar-refractivity contribution in [2.45, 2.75) is 44.4 Å².